The van der Waals surface area contributed by atoms with Gasteiger partial charge in [0.2, 0.25) is 0 Å². The van der Waals surface area contributed by atoms with Gasteiger partial charge < -0.3 is 10.1 Å². The lowest BCUT2D eigenvalue weighted by atomic mass is 9.93. The van der Waals surface area contributed by atoms with Gasteiger partial charge in [-0.1, -0.05) is 59.5 Å². The van der Waals surface area contributed by atoms with Crippen LogP contribution >= 0.6 is 11.6 Å². The summed E-state index contributed by atoms with van der Waals surface area (Å²) in [6, 6.07) is 13.3. The van der Waals surface area contributed by atoms with E-state index in [1.165, 1.54) is 12.7 Å². The van der Waals surface area contributed by atoms with E-state index >= 15 is 0 Å². The SMILES string of the molecule is COCC#CC(=O)NC(c1ccc(C)cc1C)c1ccccc1Cl. The van der Waals surface area contributed by atoms with Crippen molar-refractivity contribution in [2.24, 2.45) is 0 Å². The van der Waals surface area contributed by atoms with Crippen LogP contribution < -0.4 is 5.32 Å². The lowest BCUT2D eigenvalue weighted by Gasteiger charge is -2.22. The van der Waals surface area contributed by atoms with Crippen LogP contribution in [0.5, 0.6) is 0 Å². The van der Waals surface area contributed by atoms with Gasteiger partial charge in [-0.05, 0) is 42.5 Å². The Morgan fingerprint density at radius 2 is 1.96 bits per heavy atom. The van der Waals surface area contributed by atoms with Crippen molar-refractivity contribution in [3.05, 3.63) is 69.7 Å². The summed E-state index contributed by atoms with van der Waals surface area (Å²) in [6.45, 7) is 4.28. The summed E-state index contributed by atoms with van der Waals surface area (Å²) in [5, 5.41) is 3.56. The number of carbonyl (C=O) groups excluding carboxylic acids is 1. The molecule has 0 spiro atoms. The fraction of sp³-hybridized carbons (Fsp3) is 0.250. The van der Waals surface area contributed by atoms with Gasteiger partial charge in [0.05, 0.1) is 6.04 Å². The summed E-state index contributed by atoms with van der Waals surface area (Å²) < 4.78 is 4.84. The molecule has 0 bridgehead atoms. The molecule has 0 fully saturated rings. The van der Waals surface area contributed by atoms with Crippen molar-refractivity contribution >= 4 is 17.5 Å². The van der Waals surface area contributed by atoms with Crippen LogP contribution in [-0.2, 0) is 9.53 Å². The third-order valence-corrected chi connectivity index (χ3v) is 3.99. The third-order valence-electron chi connectivity index (χ3n) is 3.65. The minimum absolute atomic E-state index is 0.216. The maximum Gasteiger partial charge on any atom is 0.296 e. The molecule has 4 heteroatoms. The van der Waals surface area contributed by atoms with E-state index in [0.717, 1.165) is 16.7 Å². The van der Waals surface area contributed by atoms with Gasteiger partial charge in [-0.15, -0.1) is 0 Å². The van der Waals surface area contributed by atoms with Crippen molar-refractivity contribution in [1.82, 2.24) is 5.32 Å². The summed E-state index contributed by atoms with van der Waals surface area (Å²) in [6.07, 6.45) is 0. The van der Waals surface area contributed by atoms with Gasteiger partial charge in [0.25, 0.3) is 5.91 Å². The zero-order chi connectivity index (χ0) is 17.5. The maximum absolute atomic E-state index is 12.2. The number of ether oxygens (including phenoxy) is 1. The van der Waals surface area contributed by atoms with Gasteiger partial charge in [-0.25, -0.2) is 0 Å². The highest BCUT2D eigenvalue weighted by Crippen LogP contribution is 2.30. The van der Waals surface area contributed by atoms with Gasteiger partial charge in [0.1, 0.15) is 6.61 Å². The number of methoxy groups -OCH3 is 1. The van der Waals surface area contributed by atoms with Crippen molar-refractivity contribution in [1.29, 1.82) is 0 Å². The lowest BCUT2D eigenvalue weighted by molar-refractivity contribution is -0.116. The number of hydrogen-bond donors (Lipinski definition) is 1. The first-order valence-electron chi connectivity index (χ1n) is 7.62. The maximum atomic E-state index is 12.2. The number of hydrogen-bond acceptors (Lipinski definition) is 2. The monoisotopic (exact) mass is 341 g/mol. The predicted octanol–water partition coefficient (Wildman–Crippen LogP) is 3.81. The molecule has 2 aromatic rings. The second-order valence-corrected chi connectivity index (χ2v) is 5.93. The van der Waals surface area contributed by atoms with Crippen LogP contribution in [0.3, 0.4) is 0 Å². The Morgan fingerprint density at radius 3 is 2.62 bits per heavy atom. The van der Waals surface area contributed by atoms with Gasteiger partial charge >= 0.3 is 0 Å². The predicted molar refractivity (Wildman–Crippen MR) is 97.0 cm³/mol. The van der Waals surface area contributed by atoms with Crippen LogP contribution in [0.15, 0.2) is 42.5 Å². The Morgan fingerprint density at radius 1 is 1.21 bits per heavy atom. The molecule has 1 atom stereocenters. The zero-order valence-corrected chi connectivity index (χ0v) is 14.8. The minimum Gasteiger partial charge on any atom is -0.372 e. The highest BCUT2D eigenvalue weighted by Gasteiger charge is 2.20. The molecule has 0 saturated heterocycles. The third kappa shape index (κ3) is 4.61. The molecule has 1 N–H and O–H groups in total. The molecule has 2 rings (SSSR count). The Hall–Kier alpha value is -2.28. The second kappa shape index (κ2) is 8.54. The highest BCUT2D eigenvalue weighted by molar-refractivity contribution is 6.31. The van der Waals surface area contributed by atoms with Crippen LogP contribution in [0, 0.1) is 25.7 Å². The molecule has 0 aromatic heterocycles. The molecule has 0 aliphatic heterocycles. The number of nitrogens with one attached hydrogen (secondary N) is 1. The summed E-state index contributed by atoms with van der Waals surface area (Å²) >= 11 is 6.36. The van der Waals surface area contributed by atoms with Crippen LogP contribution in [0.2, 0.25) is 5.02 Å². The molecule has 0 aliphatic rings. The second-order valence-electron chi connectivity index (χ2n) is 5.52. The molecule has 1 amide bonds. The van der Waals surface area contributed by atoms with E-state index in [4.69, 9.17) is 16.3 Å². The minimum atomic E-state index is -0.364. The fourth-order valence-corrected chi connectivity index (χ4v) is 2.78. The highest BCUT2D eigenvalue weighted by atomic mass is 35.5. The molecule has 24 heavy (non-hydrogen) atoms. The quantitative estimate of drug-likeness (QED) is 0.859. The molecule has 1 unspecified atom stereocenters. The number of amides is 1. The molecule has 0 aliphatic carbocycles. The summed E-state index contributed by atoms with van der Waals surface area (Å²) in [5.41, 5.74) is 4.09. The van der Waals surface area contributed by atoms with Gasteiger partial charge in [-0.3, -0.25) is 4.79 Å². The molecule has 0 radical (unpaired) electrons. The smallest absolute Gasteiger partial charge is 0.296 e. The van der Waals surface area contributed by atoms with E-state index in [-0.39, 0.29) is 18.6 Å². The van der Waals surface area contributed by atoms with Crippen LogP contribution in [0.1, 0.15) is 28.3 Å². The van der Waals surface area contributed by atoms with Gasteiger partial charge in [-0.2, -0.15) is 0 Å². The normalized spacial score (nSPS) is 11.3. The molecular weight excluding hydrogens is 322 g/mol. The van der Waals surface area contributed by atoms with Crippen LogP contribution in [-0.4, -0.2) is 19.6 Å². The molecule has 2 aromatic carbocycles. The number of benzene rings is 2. The summed E-state index contributed by atoms with van der Waals surface area (Å²) in [4.78, 5) is 12.2. The largest absolute Gasteiger partial charge is 0.372 e. The summed E-state index contributed by atoms with van der Waals surface area (Å²) in [5.74, 6) is 4.84. The lowest BCUT2D eigenvalue weighted by Crippen LogP contribution is -2.29. The van der Waals surface area contributed by atoms with Crippen LogP contribution in [0.4, 0.5) is 0 Å². The van der Waals surface area contributed by atoms with Crippen molar-refractivity contribution in [3.8, 4) is 11.8 Å². The molecule has 0 saturated carbocycles. The van der Waals surface area contributed by atoms with E-state index in [1.807, 2.05) is 50.2 Å². The molecule has 124 valence electrons. The molecule has 3 nitrogen and oxygen atoms in total. The van der Waals surface area contributed by atoms with Crippen molar-refractivity contribution < 1.29 is 9.53 Å². The first-order valence-corrected chi connectivity index (χ1v) is 8.00. The van der Waals surface area contributed by atoms with Crippen molar-refractivity contribution in [2.45, 2.75) is 19.9 Å². The van der Waals surface area contributed by atoms with E-state index in [1.54, 1.807) is 0 Å². The first-order chi connectivity index (χ1) is 11.5. The number of carbonyl (C=O) groups is 1. The van der Waals surface area contributed by atoms with Crippen molar-refractivity contribution in [3.63, 3.8) is 0 Å². The van der Waals surface area contributed by atoms with E-state index in [2.05, 4.69) is 23.2 Å². The van der Waals surface area contributed by atoms with Crippen molar-refractivity contribution in [2.75, 3.05) is 13.7 Å². The Balaban J connectivity index is 2.41. The standard InChI is InChI=1S/C20H20ClNO2/c1-14-10-11-16(15(2)13-14)20(17-7-4-5-8-18(17)21)22-19(23)9-6-12-24-3/h4-5,7-8,10-11,13,20H,12H2,1-3H3,(H,22,23). The van der Waals surface area contributed by atoms with E-state index in [0.29, 0.717) is 5.02 Å². The Bertz CT molecular complexity index is 790. The van der Waals surface area contributed by atoms with Crippen LogP contribution in [0.25, 0.3) is 0 Å². The Kier molecular flexibility index (Phi) is 6.43. The average molecular weight is 342 g/mol. The number of rotatable bonds is 4. The van der Waals surface area contributed by atoms with Gasteiger partial charge in [0.15, 0.2) is 0 Å². The first kappa shape index (κ1) is 18.1. The summed E-state index contributed by atoms with van der Waals surface area (Å²) in [7, 11) is 1.54. The number of aryl methyl sites for hydroxylation is 2. The van der Waals surface area contributed by atoms with E-state index < -0.39 is 0 Å². The topological polar surface area (TPSA) is 38.3 Å². The Labute approximate surface area is 148 Å². The van der Waals surface area contributed by atoms with E-state index in [9.17, 15) is 4.79 Å². The molecule has 0 heterocycles. The zero-order valence-electron chi connectivity index (χ0n) is 14.0. The average Bonchev–Trinajstić information content (AvgIpc) is 2.54. The van der Waals surface area contributed by atoms with Gasteiger partial charge in [0, 0.05) is 12.1 Å². The number of halogens is 1. The fourth-order valence-electron chi connectivity index (χ4n) is 2.54. The molecular formula is C20H20ClNO2.